The Morgan fingerprint density at radius 3 is 2.80 bits per heavy atom. The number of nitrogens with one attached hydrogen (secondary N) is 1. The van der Waals surface area contributed by atoms with Crippen molar-refractivity contribution < 1.29 is 4.74 Å². The summed E-state index contributed by atoms with van der Waals surface area (Å²) in [6.07, 6.45) is 1.04. The van der Waals surface area contributed by atoms with E-state index < -0.39 is 0 Å². The summed E-state index contributed by atoms with van der Waals surface area (Å²) in [6.45, 7) is 3.01. The van der Waals surface area contributed by atoms with Gasteiger partial charge in [-0.15, -0.1) is 11.3 Å². The molecule has 0 fully saturated rings. The van der Waals surface area contributed by atoms with Crippen LogP contribution in [-0.4, -0.2) is 20.8 Å². The standard InChI is InChI=1S/C11H18ClNOS/c1-8(4-6-14-3)10(13-2)11-9(12)5-7-15-11/h5,7-8,10,13H,4,6H2,1-3H3. The van der Waals surface area contributed by atoms with E-state index in [0.29, 0.717) is 12.0 Å². The van der Waals surface area contributed by atoms with Crippen molar-refractivity contribution in [2.24, 2.45) is 5.92 Å². The molecule has 15 heavy (non-hydrogen) atoms. The minimum atomic E-state index is 0.327. The van der Waals surface area contributed by atoms with E-state index in [2.05, 4.69) is 12.2 Å². The van der Waals surface area contributed by atoms with Gasteiger partial charge in [0, 0.05) is 24.6 Å². The molecule has 2 nitrogen and oxygen atoms in total. The number of thiophene rings is 1. The highest BCUT2D eigenvalue weighted by Crippen LogP contribution is 2.33. The summed E-state index contributed by atoms with van der Waals surface area (Å²) in [6, 6.07) is 2.28. The molecule has 0 saturated heterocycles. The van der Waals surface area contributed by atoms with Crippen molar-refractivity contribution >= 4 is 22.9 Å². The lowest BCUT2D eigenvalue weighted by Crippen LogP contribution is -2.23. The summed E-state index contributed by atoms with van der Waals surface area (Å²) in [5.74, 6) is 0.520. The van der Waals surface area contributed by atoms with Crippen LogP contribution in [0.3, 0.4) is 0 Å². The van der Waals surface area contributed by atoms with Crippen LogP contribution in [0.5, 0.6) is 0 Å². The third kappa shape index (κ3) is 3.45. The van der Waals surface area contributed by atoms with Crippen LogP contribution < -0.4 is 5.32 Å². The van der Waals surface area contributed by atoms with Crippen LogP contribution in [0.2, 0.25) is 5.02 Å². The number of halogens is 1. The van der Waals surface area contributed by atoms with Crippen molar-refractivity contribution in [3.8, 4) is 0 Å². The van der Waals surface area contributed by atoms with Gasteiger partial charge in [0.2, 0.25) is 0 Å². The van der Waals surface area contributed by atoms with E-state index in [4.69, 9.17) is 16.3 Å². The molecule has 86 valence electrons. The average molecular weight is 248 g/mol. The van der Waals surface area contributed by atoms with E-state index in [1.54, 1.807) is 18.4 Å². The molecule has 1 N–H and O–H groups in total. The average Bonchev–Trinajstić information content (AvgIpc) is 2.63. The molecule has 1 aromatic rings. The van der Waals surface area contributed by atoms with Gasteiger partial charge in [-0.2, -0.15) is 0 Å². The normalized spacial score (nSPS) is 15.2. The summed E-state index contributed by atoms with van der Waals surface area (Å²) in [5.41, 5.74) is 0. The molecule has 2 atom stereocenters. The molecule has 0 radical (unpaired) electrons. The highest BCUT2D eigenvalue weighted by molar-refractivity contribution is 7.10. The topological polar surface area (TPSA) is 21.3 Å². The van der Waals surface area contributed by atoms with E-state index in [0.717, 1.165) is 18.1 Å². The summed E-state index contributed by atoms with van der Waals surface area (Å²) >= 11 is 7.84. The predicted molar refractivity (Wildman–Crippen MR) is 66.8 cm³/mol. The maximum atomic E-state index is 6.13. The molecular formula is C11H18ClNOS. The zero-order chi connectivity index (χ0) is 11.3. The smallest absolute Gasteiger partial charge is 0.0561 e. The maximum Gasteiger partial charge on any atom is 0.0561 e. The molecule has 0 saturated carbocycles. The molecule has 4 heteroatoms. The van der Waals surface area contributed by atoms with E-state index in [9.17, 15) is 0 Å². The SMILES string of the molecule is CNC(c1sccc1Cl)C(C)CCOC. The summed E-state index contributed by atoms with van der Waals surface area (Å²) < 4.78 is 5.10. The van der Waals surface area contributed by atoms with Crippen LogP contribution in [0, 0.1) is 5.92 Å². The van der Waals surface area contributed by atoms with Gasteiger partial charge in [-0.1, -0.05) is 18.5 Å². The molecular weight excluding hydrogens is 230 g/mol. The van der Waals surface area contributed by atoms with Crippen molar-refractivity contribution in [1.29, 1.82) is 0 Å². The number of hydrogen-bond donors (Lipinski definition) is 1. The van der Waals surface area contributed by atoms with Gasteiger partial charge in [0.25, 0.3) is 0 Å². The minimum Gasteiger partial charge on any atom is -0.385 e. The first-order valence-electron chi connectivity index (χ1n) is 5.09. The van der Waals surface area contributed by atoms with Crippen molar-refractivity contribution in [3.05, 3.63) is 21.3 Å². The zero-order valence-electron chi connectivity index (χ0n) is 9.42. The Morgan fingerprint density at radius 1 is 1.60 bits per heavy atom. The second kappa shape index (κ2) is 6.48. The quantitative estimate of drug-likeness (QED) is 0.833. The number of hydrogen-bond acceptors (Lipinski definition) is 3. The molecule has 0 spiro atoms. The Kier molecular flexibility index (Phi) is 5.61. The fourth-order valence-corrected chi connectivity index (χ4v) is 3.09. The molecule has 0 amide bonds. The Morgan fingerprint density at radius 2 is 2.33 bits per heavy atom. The Labute approximate surface area is 101 Å². The lowest BCUT2D eigenvalue weighted by atomic mass is 9.97. The Bertz CT molecular complexity index is 290. The fourth-order valence-electron chi connectivity index (χ4n) is 1.67. The van der Waals surface area contributed by atoms with Gasteiger partial charge in [0.05, 0.1) is 5.02 Å². The van der Waals surface area contributed by atoms with E-state index in [1.165, 1.54) is 4.88 Å². The first-order chi connectivity index (χ1) is 7.20. The molecule has 1 aromatic heterocycles. The van der Waals surface area contributed by atoms with Crippen molar-refractivity contribution in [1.82, 2.24) is 5.32 Å². The second-order valence-electron chi connectivity index (χ2n) is 3.66. The number of rotatable bonds is 6. The molecule has 1 heterocycles. The summed E-state index contributed by atoms with van der Waals surface area (Å²) in [4.78, 5) is 1.22. The van der Waals surface area contributed by atoms with Crippen molar-refractivity contribution in [2.75, 3.05) is 20.8 Å². The van der Waals surface area contributed by atoms with Gasteiger partial charge in [0.15, 0.2) is 0 Å². The van der Waals surface area contributed by atoms with Gasteiger partial charge < -0.3 is 10.1 Å². The molecule has 2 unspecified atom stereocenters. The first kappa shape index (κ1) is 13.0. The highest BCUT2D eigenvalue weighted by atomic mass is 35.5. The van der Waals surface area contributed by atoms with Crippen LogP contribution in [-0.2, 0) is 4.74 Å². The zero-order valence-corrected chi connectivity index (χ0v) is 11.0. The molecule has 0 aliphatic heterocycles. The highest BCUT2D eigenvalue weighted by Gasteiger charge is 2.20. The fraction of sp³-hybridized carbons (Fsp3) is 0.636. The summed E-state index contributed by atoms with van der Waals surface area (Å²) in [7, 11) is 3.71. The third-order valence-corrected chi connectivity index (χ3v) is 4.03. The van der Waals surface area contributed by atoms with Gasteiger partial charge >= 0.3 is 0 Å². The molecule has 0 aliphatic rings. The molecule has 0 bridgehead atoms. The van der Waals surface area contributed by atoms with Crippen LogP contribution in [0.1, 0.15) is 24.3 Å². The molecule has 0 aromatic carbocycles. The molecule has 0 aliphatic carbocycles. The van der Waals surface area contributed by atoms with E-state index >= 15 is 0 Å². The lowest BCUT2D eigenvalue weighted by Gasteiger charge is -2.22. The maximum absolute atomic E-state index is 6.13. The van der Waals surface area contributed by atoms with Crippen molar-refractivity contribution in [3.63, 3.8) is 0 Å². The van der Waals surface area contributed by atoms with Gasteiger partial charge in [-0.3, -0.25) is 0 Å². The van der Waals surface area contributed by atoms with Crippen LogP contribution in [0.15, 0.2) is 11.4 Å². The van der Waals surface area contributed by atoms with E-state index in [-0.39, 0.29) is 0 Å². The monoisotopic (exact) mass is 247 g/mol. The Hall–Kier alpha value is -0.0900. The third-order valence-electron chi connectivity index (χ3n) is 2.58. The van der Waals surface area contributed by atoms with Crippen LogP contribution in [0.4, 0.5) is 0 Å². The van der Waals surface area contributed by atoms with Crippen molar-refractivity contribution in [2.45, 2.75) is 19.4 Å². The minimum absolute atomic E-state index is 0.327. The number of ether oxygens (including phenoxy) is 1. The van der Waals surface area contributed by atoms with Gasteiger partial charge in [0.1, 0.15) is 0 Å². The summed E-state index contributed by atoms with van der Waals surface area (Å²) in [5, 5.41) is 6.22. The molecule has 1 rings (SSSR count). The largest absolute Gasteiger partial charge is 0.385 e. The first-order valence-corrected chi connectivity index (χ1v) is 6.35. The Balaban J connectivity index is 2.67. The predicted octanol–water partition coefficient (Wildman–Crippen LogP) is 3.33. The van der Waals surface area contributed by atoms with Crippen LogP contribution in [0.25, 0.3) is 0 Å². The lowest BCUT2D eigenvalue weighted by molar-refractivity contribution is 0.171. The van der Waals surface area contributed by atoms with Gasteiger partial charge in [-0.25, -0.2) is 0 Å². The second-order valence-corrected chi connectivity index (χ2v) is 5.01. The van der Waals surface area contributed by atoms with Crippen LogP contribution >= 0.6 is 22.9 Å². The number of methoxy groups -OCH3 is 1. The van der Waals surface area contributed by atoms with Gasteiger partial charge in [-0.05, 0) is 30.8 Å². The van der Waals surface area contributed by atoms with E-state index in [1.807, 2.05) is 18.5 Å².